The van der Waals surface area contributed by atoms with Gasteiger partial charge in [0.2, 0.25) is 0 Å². The molecule has 2 N–H and O–H groups in total. The lowest BCUT2D eigenvalue weighted by molar-refractivity contribution is -0.119. The molecule has 1 aromatic rings. The van der Waals surface area contributed by atoms with Gasteiger partial charge in [0, 0.05) is 17.9 Å². The summed E-state index contributed by atoms with van der Waals surface area (Å²) in [6, 6.07) is 7.40. The smallest absolute Gasteiger partial charge is 0.137 e. The number of hydrogen-bond donors (Lipinski definition) is 1. The number of benzene rings is 1. The molecule has 0 spiro atoms. The molecule has 0 saturated heterocycles. The van der Waals surface area contributed by atoms with E-state index in [2.05, 4.69) is 0 Å². The molecule has 15 heavy (non-hydrogen) atoms. The van der Waals surface area contributed by atoms with Crippen LogP contribution in [0, 0.1) is 5.92 Å². The Bertz CT molecular complexity index is 338. The fourth-order valence-electron chi connectivity index (χ4n) is 1.42. The minimum atomic E-state index is 0.218. The van der Waals surface area contributed by atoms with Crippen LogP contribution in [0.3, 0.4) is 0 Å². The highest BCUT2D eigenvalue weighted by molar-refractivity contribution is 6.30. The second-order valence-electron chi connectivity index (χ2n) is 3.89. The zero-order valence-corrected chi connectivity index (χ0v) is 9.63. The summed E-state index contributed by atoms with van der Waals surface area (Å²) in [5.41, 5.74) is 6.43. The van der Waals surface area contributed by atoms with E-state index in [1.165, 1.54) is 0 Å². The highest BCUT2D eigenvalue weighted by atomic mass is 35.5. The molecule has 2 nitrogen and oxygen atoms in total. The summed E-state index contributed by atoms with van der Waals surface area (Å²) in [6.07, 6.45) is 0.994. The van der Waals surface area contributed by atoms with Gasteiger partial charge in [0.25, 0.3) is 0 Å². The predicted octanol–water partition coefficient (Wildman–Crippen LogP) is 2.44. The van der Waals surface area contributed by atoms with Crippen molar-refractivity contribution in [1.82, 2.24) is 0 Å². The first-order valence-corrected chi connectivity index (χ1v) is 5.46. The topological polar surface area (TPSA) is 43.1 Å². The van der Waals surface area contributed by atoms with Crippen molar-refractivity contribution in [2.75, 3.05) is 6.54 Å². The third-order valence-corrected chi connectivity index (χ3v) is 2.50. The molecule has 0 aromatic heterocycles. The summed E-state index contributed by atoms with van der Waals surface area (Å²) in [5, 5.41) is 0.673. The maximum absolute atomic E-state index is 11.6. The number of carbonyl (C=O) groups excluding carboxylic acids is 1. The van der Waals surface area contributed by atoms with Crippen molar-refractivity contribution in [2.24, 2.45) is 11.7 Å². The number of nitrogens with two attached hydrogens (primary N) is 1. The van der Waals surface area contributed by atoms with Crippen LogP contribution in [0.1, 0.15) is 18.9 Å². The van der Waals surface area contributed by atoms with Crippen molar-refractivity contribution in [2.45, 2.75) is 19.8 Å². The largest absolute Gasteiger partial charge is 0.330 e. The molecular weight excluding hydrogens is 210 g/mol. The minimum Gasteiger partial charge on any atom is -0.330 e. The zero-order valence-electron chi connectivity index (χ0n) is 8.87. The van der Waals surface area contributed by atoms with Crippen LogP contribution in [0.4, 0.5) is 0 Å². The normalized spacial score (nSPS) is 12.5. The van der Waals surface area contributed by atoms with Gasteiger partial charge in [-0.25, -0.2) is 0 Å². The summed E-state index contributed by atoms with van der Waals surface area (Å²) in [7, 11) is 0. The maximum atomic E-state index is 11.6. The quantitative estimate of drug-likeness (QED) is 0.837. The van der Waals surface area contributed by atoms with Crippen LogP contribution < -0.4 is 5.73 Å². The highest BCUT2D eigenvalue weighted by Gasteiger charge is 2.08. The van der Waals surface area contributed by atoms with E-state index in [0.717, 1.165) is 5.56 Å². The van der Waals surface area contributed by atoms with Gasteiger partial charge in [0.05, 0.1) is 0 Å². The van der Waals surface area contributed by atoms with E-state index in [0.29, 0.717) is 24.4 Å². The Labute approximate surface area is 95.4 Å². The molecule has 0 bridgehead atoms. The van der Waals surface area contributed by atoms with Gasteiger partial charge in [-0.15, -0.1) is 0 Å². The number of carbonyl (C=O) groups is 1. The van der Waals surface area contributed by atoms with E-state index in [4.69, 9.17) is 17.3 Å². The molecule has 82 valence electrons. The van der Waals surface area contributed by atoms with E-state index in [9.17, 15) is 4.79 Å². The fraction of sp³-hybridized carbons (Fsp3) is 0.417. The molecule has 0 aliphatic heterocycles. The lowest BCUT2D eigenvalue weighted by Gasteiger charge is -2.07. The fourth-order valence-corrected chi connectivity index (χ4v) is 1.63. The Morgan fingerprint density at radius 3 is 2.87 bits per heavy atom. The standard InChI is InChI=1S/C12H16ClNO/c1-9(8-14)5-12(15)7-10-3-2-4-11(13)6-10/h2-4,6,9H,5,7-8,14H2,1H3. The van der Waals surface area contributed by atoms with E-state index >= 15 is 0 Å². The Morgan fingerprint density at radius 1 is 1.53 bits per heavy atom. The number of Topliss-reactive ketones (excluding diaryl/α,β-unsaturated/α-hetero) is 1. The third kappa shape index (κ3) is 4.45. The van der Waals surface area contributed by atoms with Crippen molar-refractivity contribution in [1.29, 1.82) is 0 Å². The van der Waals surface area contributed by atoms with Crippen LogP contribution >= 0.6 is 11.6 Å². The number of halogens is 1. The average Bonchev–Trinajstić information content (AvgIpc) is 2.17. The molecule has 3 heteroatoms. The number of rotatable bonds is 5. The molecule has 1 atom stereocenters. The van der Waals surface area contributed by atoms with Gasteiger partial charge in [0.15, 0.2) is 0 Å². The molecule has 0 saturated carbocycles. The second kappa shape index (κ2) is 5.89. The molecule has 0 heterocycles. The summed E-state index contributed by atoms with van der Waals surface area (Å²) in [6.45, 7) is 2.54. The SMILES string of the molecule is CC(CN)CC(=O)Cc1cccc(Cl)c1. The van der Waals surface area contributed by atoms with Gasteiger partial charge in [-0.2, -0.15) is 0 Å². The first kappa shape index (κ1) is 12.2. The van der Waals surface area contributed by atoms with Gasteiger partial charge in [-0.05, 0) is 30.2 Å². The summed E-state index contributed by atoms with van der Waals surface area (Å²) >= 11 is 5.83. The first-order chi connectivity index (χ1) is 7.11. The summed E-state index contributed by atoms with van der Waals surface area (Å²) < 4.78 is 0. The van der Waals surface area contributed by atoms with Gasteiger partial charge in [-0.3, -0.25) is 4.79 Å². The Balaban J connectivity index is 2.51. The van der Waals surface area contributed by atoms with Crippen LogP contribution in [0.25, 0.3) is 0 Å². The van der Waals surface area contributed by atoms with Crippen molar-refractivity contribution in [3.8, 4) is 0 Å². The molecular formula is C12H16ClNO. The summed E-state index contributed by atoms with van der Waals surface area (Å²) in [5.74, 6) is 0.479. The summed E-state index contributed by atoms with van der Waals surface area (Å²) in [4.78, 5) is 11.6. The highest BCUT2D eigenvalue weighted by Crippen LogP contribution is 2.12. The molecule has 0 radical (unpaired) electrons. The van der Waals surface area contributed by atoms with Crippen molar-refractivity contribution in [3.05, 3.63) is 34.9 Å². The van der Waals surface area contributed by atoms with Gasteiger partial charge >= 0.3 is 0 Å². The Morgan fingerprint density at radius 2 is 2.27 bits per heavy atom. The van der Waals surface area contributed by atoms with Gasteiger partial charge in [0.1, 0.15) is 5.78 Å². The third-order valence-electron chi connectivity index (χ3n) is 2.27. The van der Waals surface area contributed by atoms with Crippen LogP contribution in [-0.4, -0.2) is 12.3 Å². The molecule has 1 rings (SSSR count). The minimum absolute atomic E-state index is 0.218. The van der Waals surface area contributed by atoms with Crippen LogP contribution in [-0.2, 0) is 11.2 Å². The van der Waals surface area contributed by atoms with E-state index in [1.807, 2.05) is 25.1 Å². The van der Waals surface area contributed by atoms with Crippen LogP contribution in [0.5, 0.6) is 0 Å². The predicted molar refractivity (Wildman–Crippen MR) is 63.0 cm³/mol. The van der Waals surface area contributed by atoms with Gasteiger partial charge < -0.3 is 5.73 Å². The second-order valence-corrected chi connectivity index (χ2v) is 4.33. The number of hydrogen-bond acceptors (Lipinski definition) is 2. The van der Waals surface area contributed by atoms with Crippen LogP contribution in [0.2, 0.25) is 5.02 Å². The van der Waals surface area contributed by atoms with E-state index < -0.39 is 0 Å². The maximum Gasteiger partial charge on any atom is 0.137 e. The molecule has 0 amide bonds. The lowest BCUT2D eigenvalue weighted by atomic mass is 10.00. The van der Waals surface area contributed by atoms with Crippen molar-refractivity contribution < 1.29 is 4.79 Å². The monoisotopic (exact) mass is 225 g/mol. The molecule has 0 aliphatic carbocycles. The molecule has 0 fully saturated rings. The lowest BCUT2D eigenvalue weighted by Crippen LogP contribution is -2.16. The van der Waals surface area contributed by atoms with Crippen molar-refractivity contribution in [3.63, 3.8) is 0 Å². The van der Waals surface area contributed by atoms with Crippen molar-refractivity contribution >= 4 is 17.4 Å². The molecule has 1 aromatic carbocycles. The zero-order chi connectivity index (χ0) is 11.3. The number of ketones is 1. The van der Waals surface area contributed by atoms with Gasteiger partial charge in [-0.1, -0.05) is 30.7 Å². The Kier molecular flexibility index (Phi) is 4.79. The average molecular weight is 226 g/mol. The molecule has 1 unspecified atom stereocenters. The first-order valence-electron chi connectivity index (χ1n) is 5.08. The van der Waals surface area contributed by atoms with E-state index in [1.54, 1.807) is 6.07 Å². The van der Waals surface area contributed by atoms with Crippen LogP contribution in [0.15, 0.2) is 24.3 Å². The molecule has 0 aliphatic rings. The Hall–Kier alpha value is -0.860. The van der Waals surface area contributed by atoms with E-state index in [-0.39, 0.29) is 11.7 Å².